The molecule has 3 aromatic heterocycles. The molecule has 0 atom stereocenters. The van der Waals surface area contributed by atoms with Gasteiger partial charge in [-0.3, -0.25) is 14.6 Å². The van der Waals surface area contributed by atoms with E-state index in [1.54, 1.807) is 61.3 Å². The van der Waals surface area contributed by atoms with Crippen LogP contribution in [0.5, 0.6) is 11.5 Å². The summed E-state index contributed by atoms with van der Waals surface area (Å²) in [7, 11) is 0. The van der Waals surface area contributed by atoms with Crippen LogP contribution in [-0.2, 0) is 0 Å². The van der Waals surface area contributed by atoms with E-state index < -0.39 is 11.5 Å². The van der Waals surface area contributed by atoms with Crippen LogP contribution in [0.25, 0.3) is 16.6 Å². The summed E-state index contributed by atoms with van der Waals surface area (Å²) in [5, 5.41) is 17.3. The lowest BCUT2D eigenvalue weighted by Gasteiger charge is -2.57. The summed E-state index contributed by atoms with van der Waals surface area (Å²) in [5.41, 5.74) is 8.19. The number of fused-ring (bicyclic) bond motifs is 1. The van der Waals surface area contributed by atoms with Gasteiger partial charge >= 0.3 is 0 Å². The van der Waals surface area contributed by atoms with Crippen LogP contribution in [0.15, 0.2) is 67.3 Å². The number of nitrogens with zero attached hydrogens (tertiary/aromatic N) is 3. The normalized spacial score (nSPS) is 21.6. The fraction of sp³-hybridized carbons (Fsp3) is 0.355. The number of benzene rings is 1. The SMILES string of the molecule is CC(C)(O)COc1ccc2c(C(=O)NC3CC4(C3)CC(Oc3cc(-c5cccnc5)ccc3C(N)=O)C4)cnn2c1. The van der Waals surface area contributed by atoms with Crippen LogP contribution in [0, 0.1) is 5.41 Å². The minimum Gasteiger partial charge on any atom is -0.490 e. The molecule has 0 unspecified atom stereocenters. The van der Waals surface area contributed by atoms with E-state index in [0.717, 1.165) is 36.8 Å². The number of carbonyl (C=O) groups excluding carboxylic acids is 2. The molecule has 2 aliphatic carbocycles. The Balaban J connectivity index is 1.03. The Morgan fingerprint density at radius 2 is 1.90 bits per heavy atom. The van der Waals surface area contributed by atoms with E-state index in [-0.39, 0.29) is 30.1 Å². The molecule has 2 fully saturated rings. The molecule has 10 nitrogen and oxygen atoms in total. The van der Waals surface area contributed by atoms with Gasteiger partial charge in [0.25, 0.3) is 11.8 Å². The fourth-order valence-corrected chi connectivity index (χ4v) is 5.88. The largest absolute Gasteiger partial charge is 0.490 e. The highest BCUT2D eigenvalue weighted by Crippen LogP contribution is 2.57. The van der Waals surface area contributed by atoms with E-state index >= 15 is 0 Å². The average molecular weight is 556 g/mol. The molecule has 212 valence electrons. The highest BCUT2D eigenvalue weighted by Gasteiger charge is 2.54. The molecule has 2 aliphatic rings. The van der Waals surface area contributed by atoms with Gasteiger partial charge in [-0.2, -0.15) is 5.10 Å². The lowest BCUT2D eigenvalue weighted by molar-refractivity contribution is -0.0834. The summed E-state index contributed by atoms with van der Waals surface area (Å²) in [5.74, 6) is 0.368. The zero-order valence-corrected chi connectivity index (χ0v) is 23.0. The number of amides is 2. The van der Waals surface area contributed by atoms with E-state index in [1.165, 1.54) is 0 Å². The molecule has 1 spiro atoms. The number of nitrogens with two attached hydrogens (primary N) is 1. The first-order chi connectivity index (χ1) is 19.6. The van der Waals surface area contributed by atoms with Crippen molar-refractivity contribution in [2.45, 2.75) is 57.3 Å². The molecule has 0 aliphatic heterocycles. The zero-order valence-electron chi connectivity index (χ0n) is 23.0. The number of aliphatic hydroxyl groups is 1. The standard InChI is InChI=1S/C31H33N5O5/c1-30(2,39)18-40-22-6-8-26-25(16-34-36(26)17-22)29(38)35-21-11-31(12-21)13-23(14-31)41-27-10-19(5-7-24(27)28(32)37)20-4-3-9-33-15-20/h3-10,15-17,21,23,39H,11-14,18H2,1-2H3,(H2,32,37)(H,35,38). The molecular formula is C31H33N5O5. The third-order valence-corrected chi connectivity index (χ3v) is 7.88. The van der Waals surface area contributed by atoms with Gasteiger partial charge in [-0.25, -0.2) is 4.52 Å². The molecular weight excluding hydrogens is 522 g/mol. The minimum absolute atomic E-state index is 0.0126. The van der Waals surface area contributed by atoms with Gasteiger partial charge in [0.15, 0.2) is 0 Å². The number of carbonyl (C=O) groups is 2. The fourth-order valence-electron chi connectivity index (χ4n) is 5.88. The number of primary amides is 1. The molecule has 10 heteroatoms. The second-order valence-electron chi connectivity index (χ2n) is 11.9. The van der Waals surface area contributed by atoms with E-state index in [4.69, 9.17) is 15.2 Å². The van der Waals surface area contributed by atoms with Crippen LogP contribution in [0.2, 0.25) is 0 Å². The second-order valence-corrected chi connectivity index (χ2v) is 11.9. The lowest BCUT2D eigenvalue weighted by Crippen LogP contribution is -2.58. The van der Waals surface area contributed by atoms with Crippen LogP contribution >= 0.6 is 0 Å². The zero-order chi connectivity index (χ0) is 28.8. The van der Waals surface area contributed by atoms with E-state index in [1.807, 2.05) is 24.3 Å². The maximum Gasteiger partial charge on any atom is 0.255 e. The van der Waals surface area contributed by atoms with Crippen molar-refractivity contribution in [3.63, 3.8) is 0 Å². The average Bonchev–Trinajstić information content (AvgIpc) is 3.33. The third-order valence-electron chi connectivity index (χ3n) is 7.88. The van der Waals surface area contributed by atoms with Crippen molar-refractivity contribution in [1.82, 2.24) is 19.9 Å². The van der Waals surface area contributed by atoms with Crippen LogP contribution in [0.1, 0.15) is 60.2 Å². The summed E-state index contributed by atoms with van der Waals surface area (Å²) in [4.78, 5) is 29.2. The van der Waals surface area contributed by atoms with Crippen LogP contribution in [0.3, 0.4) is 0 Å². The van der Waals surface area contributed by atoms with Gasteiger partial charge in [0.2, 0.25) is 0 Å². The maximum atomic E-state index is 13.0. The van der Waals surface area contributed by atoms with Gasteiger partial charge in [0, 0.05) is 24.0 Å². The highest BCUT2D eigenvalue weighted by atomic mass is 16.5. The van der Waals surface area contributed by atoms with Crippen molar-refractivity contribution in [2.24, 2.45) is 11.1 Å². The van der Waals surface area contributed by atoms with E-state index in [9.17, 15) is 14.7 Å². The number of aromatic nitrogens is 3. The van der Waals surface area contributed by atoms with Gasteiger partial charge < -0.3 is 25.6 Å². The molecule has 2 saturated carbocycles. The number of pyridine rings is 2. The first kappa shape index (κ1) is 26.8. The lowest BCUT2D eigenvalue weighted by atomic mass is 9.53. The molecule has 6 rings (SSSR count). The van der Waals surface area contributed by atoms with Crippen molar-refractivity contribution in [3.8, 4) is 22.6 Å². The smallest absolute Gasteiger partial charge is 0.255 e. The molecule has 0 bridgehead atoms. The Morgan fingerprint density at radius 3 is 2.61 bits per heavy atom. The summed E-state index contributed by atoms with van der Waals surface area (Å²) >= 11 is 0. The van der Waals surface area contributed by atoms with Gasteiger partial charge in [0.1, 0.15) is 18.1 Å². The molecule has 41 heavy (non-hydrogen) atoms. The molecule has 4 N–H and O–H groups in total. The van der Waals surface area contributed by atoms with Crippen LogP contribution < -0.4 is 20.5 Å². The third kappa shape index (κ3) is 5.60. The predicted octanol–water partition coefficient (Wildman–Crippen LogP) is 3.76. The molecule has 0 saturated heterocycles. The van der Waals surface area contributed by atoms with Gasteiger partial charge in [-0.15, -0.1) is 0 Å². The van der Waals surface area contributed by atoms with Gasteiger partial charge in [-0.05, 0) is 80.8 Å². The first-order valence-electron chi connectivity index (χ1n) is 13.7. The van der Waals surface area contributed by atoms with Crippen molar-refractivity contribution >= 4 is 17.3 Å². The monoisotopic (exact) mass is 555 g/mol. The summed E-state index contributed by atoms with van der Waals surface area (Å²) in [6, 6.07) is 12.9. The Hall–Kier alpha value is -4.44. The van der Waals surface area contributed by atoms with Crippen LogP contribution in [-0.4, -0.2) is 55.9 Å². The number of hydrogen-bond acceptors (Lipinski definition) is 7. The van der Waals surface area contributed by atoms with E-state index in [0.29, 0.717) is 28.1 Å². The highest BCUT2D eigenvalue weighted by molar-refractivity contribution is 6.00. The number of hydrogen-bond donors (Lipinski definition) is 3. The Bertz CT molecular complexity index is 1600. The van der Waals surface area contributed by atoms with Gasteiger partial charge in [0.05, 0.1) is 40.7 Å². The van der Waals surface area contributed by atoms with Crippen LogP contribution in [0.4, 0.5) is 0 Å². The molecule has 1 aromatic carbocycles. The van der Waals surface area contributed by atoms with Crippen molar-refractivity contribution in [1.29, 1.82) is 0 Å². The van der Waals surface area contributed by atoms with Crippen molar-refractivity contribution in [3.05, 3.63) is 78.4 Å². The van der Waals surface area contributed by atoms with Crippen molar-refractivity contribution < 1.29 is 24.2 Å². The topological polar surface area (TPSA) is 141 Å². The summed E-state index contributed by atoms with van der Waals surface area (Å²) < 4.78 is 13.5. The molecule has 0 radical (unpaired) electrons. The minimum atomic E-state index is -0.950. The molecule has 4 aromatic rings. The Labute approximate surface area is 237 Å². The summed E-state index contributed by atoms with van der Waals surface area (Å²) in [6.45, 7) is 3.49. The summed E-state index contributed by atoms with van der Waals surface area (Å²) in [6.07, 6.45) is 10.2. The number of nitrogens with one attached hydrogen (secondary N) is 1. The Morgan fingerprint density at radius 1 is 1.10 bits per heavy atom. The second kappa shape index (κ2) is 10.2. The van der Waals surface area contributed by atoms with E-state index in [2.05, 4.69) is 15.4 Å². The molecule has 3 heterocycles. The first-order valence-corrected chi connectivity index (χ1v) is 13.7. The Kier molecular flexibility index (Phi) is 6.65. The van der Waals surface area contributed by atoms with Gasteiger partial charge in [-0.1, -0.05) is 12.1 Å². The number of ether oxygens (including phenoxy) is 2. The predicted molar refractivity (Wildman–Crippen MR) is 152 cm³/mol. The van der Waals surface area contributed by atoms with Crippen molar-refractivity contribution in [2.75, 3.05) is 6.61 Å². The molecule has 2 amide bonds. The maximum absolute atomic E-state index is 13.0. The number of rotatable bonds is 9. The quantitative estimate of drug-likeness (QED) is 0.286.